The molecule has 2 amide bonds. The van der Waals surface area contributed by atoms with Crippen molar-refractivity contribution in [2.24, 2.45) is 0 Å². The predicted octanol–water partition coefficient (Wildman–Crippen LogP) is 2.91. The van der Waals surface area contributed by atoms with Gasteiger partial charge in [0, 0.05) is 6.54 Å². The maximum atomic E-state index is 13.6. The van der Waals surface area contributed by atoms with Crippen LogP contribution in [0.5, 0.6) is 0 Å². The summed E-state index contributed by atoms with van der Waals surface area (Å²) in [5.41, 5.74) is 0.705. The predicted molar refractivity (Wildman–Crippen MR) is 73.5 cm³/mol. The molecule has 0 aliphatic heterocycles. The summed E-state index contributed by atoms with van der Waals surface area (Å²) < 4.78 is 13.6. The second kappa shape index (κ2) is 6.16. The van der Waals surface area contributed by atoms with Gasteiger partial charge in [0.15, 0.2) is 0 Å². The number of nitrogens with one attached hydrogen (secondary N) is 2. The van der Waals surface area contributed by atoms with Crippen LogP contribution in [0.3, 0.4) is 0 Å². The third-order valence-corrected chi connectivity index (χ3v) is 3.23. The summed E-state index contributed by atoms with van der Waals surface area (Å²) in [4.78, 5) is 22.2. The fourth-order valence-electron chi connectivity index (χ4n) is 1.49. The first-order valence-corrected chi connectivity index (χ1v) is 6.59. The van der Waals surface area contributed by atoms with E-state index in [0.29, 0.717) is 6.54 Å². The van der Waals surface area contributed by atoms with Gasteiger partial charge in [0.25, 0.3) is 0 Å². The molecule has 0 atom stereocenters. The van der Waals surface area contributed by atoms with Gasteiger partial charge in [0.1, 0.15) is 5.82 Å². The van der Waals surface area contributed by atoms with E-state index in [9.17, 15) is 14.0 Å². The van der Waals surface area contributed by atoms with E-state index >= 15 is 0 Å². The number of carboxylic acids is 1. The second-order valence-corrected chi connectivity index (χ2v) is 4.72. The van der Waals surface area contributed by atoms with Gasteiger partial charge in [-0.05, 0) is 40.6 Å². The number of halogens is 1. The zero-order valence-electron chi connectivity index (χ0n) is 10.2. The van der Waals surface area contributed by atoms with E-state index in [4.69, 9.17) is 5.11 Å². The lowest BCUT2D eigenvalue weighted by Crippen LogP contribution is -2.28. The molecular formula is C13H11FN2O3S. The largest absolute Gasteiger partial charge is 0.478 e. The van der Waals surface area contributed by atoms with Crippen molar-refractivity contribution in [3.8, 4) is 0 Å². The van der Waals surface area contributed by atoms with Gasteiger partial charge in [0.2, 0.25) is 0 Å². The van der Waals surface area contributed by atoms with E-state index in [1.807, 2.05) is 16.8 Å². The Balaban J connectivity index is 1.95. The topological polar surface area (TPSA) is 78.4 Å². The molecule has 0 saturated heterocycles. The molecule has 104 valence electrons. The number of amides is 2. The summed E-state index contributed by atoms with van der Waals surface area (Å²) in [7, 11) is 0. The number of rotatable bonds is 4. The number of benzene rings is 1. The number of hydrogen-bond donors (Lipinski definition) is 3. The Morgan fingerprint density at radius 3 is 2.70 bits per heavy atom. The Morgan fingerprint density at radius 1 is 1.30 bits per heavy atom. The van der Waals surface area contributed by atoms with Crippen LogP contribution in [-0.2, 0) is 6.54 Å². The minimum absolute atomic E-state index is 0.0715. The molecule has 1 aromatic heterocycles. The normalized spacial score (nSPS) is 10.1. The van der Waals surface area contributed by atoms with Gasteiger partial charge in [0.05, 0.1) is 11.3 Å². The molecule has 20 heavy (non-hydrogen) atoms. The smallest absolute Gasteiger partial charge is 0.335 e. The zero-order chi connectivity index (χ0) is 14.5. The van der Waals surface area contributed by atoms with E-state index in [2.05, 4.69) is 10.6 Å². The molecule has 3 N–H and O–H groups in total. The maximum Gasteiger partial charge on any atom is 0.335 e. The first-order valence-electron chi connectivity index (χ1n) is 5.65. The van der Waals surface area contributed by atoms with Crippen LogP contribution >= 0.6 is 11.3 Å². The van der Waals surface area contributed by atoms with Crippen LogP contribution in [-0.4, -0.2) is 17.1 Å². The fourth-order valence-corrected chi connectivity index (χ4v) is 2.16. The van der Waals surface area contributed by atoms with E-state index in [-0.39, 0.29) is 11.3 Å². The lowest BCUT2D eigenvalue weighted by molar-refractivity contribution is 0.0696. The van der Waals surface area contributed by atoms with Crippen LogP contribution in [0.1, 0.15) is 15.9 Å². The third-order valence-electron chi connectivity index (χ3n) is 2.50. The second-order valence-electron chi connectivity index (χ2n) is 3.94. The monoisotopic (exact) mass is 294 g/mol. The third kappa shape index (κ3) is 3.55. The lowest BCUT2D eigenvalue weighted by atomic mass is 10.2. The van der Waals surface area contributed by atoms with Gasteiger partial charge in [-0.3, -0.25) is 0 Å². The molecule has 0 aliphatic carbocycles. The van der Waals surface area contributed by atoms with Crippen LogP contribution in [0.2, 0.25) is 0 Å². The Bertz CT molecular complexity index is 629. The molecular weight excluding hydrogens is 283 g/mol. The van der Waals surface area contributed by atoms with Gasteiger partial charge < -0.3 is 15.7 Å². The van der Waals surface area contributed by atoms with E-state index in [1.165, 1.54) is 23.5 Å². The van der Waals surface area contributed by atoms with Gasteiger partial charge in [-0.15, -0.1) is 0 Å². The molecule has 1 heterocycles. The molecule has 0 saturated carbocycles. The van der Waals surface area contributed by atoms with E-state index in [0.717, 1.165) is 11.6 Å². The zero-order valence-corrected chi connectivity index (χ0v) is 11.0. The SMILES string of the molecule is O=C(NCc1ccsc1)Nc1ccc(C(=O)O)cc1F. The summed E-state index contributed by atoms with van der Waals surface area (Å²) in [5.74, 6) is -2.02. The molecule has 0 aliphatic rings. The molecule has 5 nitrogen and oxygen atoms in total. The molecule has 0 unspecified atom stereocenters. The minimum atomic E-state index is -1.22. The lowest BCUT2D eigenvalue weighted by Gasteiger charge is -2.08. The van der Waals surface area contributed by atoms with Crippen molar-refractivity contribution in [2.45, 2.75) is 6.54 Å². The van der Waals surface area contributed by atoms with Crippen molar-refractivity contribution in [3.63, 3.8) is 0 Å². The number of carbonyl (C=O) groups is 2. The Hall–Kier alpha value is -2.41. The van der Waals surface area contributed by atoms with Crippen molar-refractivity contribution in [3.05, 3.63) is 52.0 Å². The van der Waals surface area contributed by atoms with Crippen molar-refractivity contribution >= 4 is 29.0 Å². The van der Waals surface area contributed by atoms with Crippen LogP contribution < -0.4 is 10.6 Å². The van der Waals surface area contributed by atoms with Gasteiger partial charge in [-0.1, -0.05) is 0 Å². The van der Waals surface area contributed by atoms with E-state index in [1.54, 1.807) is 0 Å². The highest BCUT2D eigenvalue weighted by atomic mass is 32.1. The first-order chi connectivity index (χ1) is 9.56. The highest BCUT2D eigenvalue weighted by Crippen LogP contribution is 2.15. The number of carbonyl (C=O) groups excluding carboxylic acids is 1. The van der Waals surface area contributed by atoms with Crippen molar-refractivity contribution in [1.82, 2.24) is 5.32 Å². The van der Waals surface area contributed by atoms with Gasteiger partial charge >= 0.3 is 12.0 Å². The number of aromatic carboxylic acids is 1. The molecule has 0 fully saturated rings. The molecule has 2 rings (SSSR count). The summed E-state index contributed by atoms with van der Waals surface area (Å²) in [5, 5.41) is 17.4. The summed E-state index contributed by atoms with van der Waals surface area (Å²) in [6.07, 6.45) is 0. The summed E-state index contributed by atoms with van der Waals surface area (Å²) in [6.45, 7) is 0.337. The Morgan fingerprint density at radius 2 is 2.10 bits per heavy atom. The average molecular weight is 294 g/mol. The molecule has 0 bridgehead atoms. The first kappa shape index (κ1) is 14.0. The number of hydrogen-bond acceptors (Lipinski definition) is 3. The minimum Gasteiger partial charge on any atom is -0.478 e. The van der Waals surface area contributed by atoms with Crippen molar-refractivity contribution < 1.29 is 19.1 Å². The highest BCUT2D eigenvalue weighted by molar-refractivity contribution is 7.07. The molecule has 2 aromatic rings. The van der Waals surface area contributed by atoms with Gasteiger partial charge in [-0.2, -0.15) is 11.3 Å². The van der Waals surface area contributed by atoms with Crippen LogP contribution in [0.25, 0.3) is 0 Å². The molecule has 0 radical (unpaired) electrons. The standard InChI is InChI=1S/C13H11FN2O3S/c14-10-5-9(12(17)18)1-2-11(10)16-13(19)15-6-8-3-4-20-7-8/h1-5,7H,6H2,(H,17,18)(H2,15,16,19). The quantitative estimate of drug-likeness (QED) is 0.811. The number of thiophene rings is 1. The van der Waals surface area contributed by atoms with Gasteiger partial charge in [-0.25, -0.2) is 14.0 Å². The van der Waals surface area contributed by atoms with Crippen molar-refractivity contribution in [1.29, 1.82) is 0 Å². The Kier molecular flexibility index (Phi) is 4.31. The molecule has 1 aromatic carbocycles. The number of carboxylic acid groups (broad SMARTS) is 1. The molecule has 0 spiro atoms. The summed E-state index contributed by atoms with van der Waals surface area (Å²) >= 11 is 1.51. The van der Waals surface area contributed by atoms with Crippen molar-refractivity contribution in [2.75, 3.05) is 5.32 Å². The number of anilines is 1. The molecule has 7 heteroatoms. The van der Waals surface area contributed by atoms with Crippen LogP contribution in [0, 0.1) is 5.82 Å². The summed E-state index contributed by atoms with van der Waals surface area (Å²) in [6, 6.07) is 4.60. The average Bonchev–Trinajstić information content (AvgIpc) is 2.91. The van der Waals surface area contributed by atoms with Crippen LogP contribution in [0.4, 0.5) is 14.9 Å². The fraction of sp³-hybridized carbons (Fsp3) is 0.0769. The van der Waals surface area contributed by atoms with E-state index < -0.39 is 17.8 Å². The van der Waals surface area contributed by atoms with Crippen LogP contribution in [0.15, 0.2) is 35.0 Å². The Labute approximate surface area is 118 Å². The number of urea groups is 1. The highest BCUT2D eigenvalue weighted by Gasteiger charge is 2.10. The maximum absolute atomic E-state index is 13.6.